The minimum absolute atomic E-state index is 0.0295. The van der Waals surface area contributed by atoms with Crippen LogP contribution in [0.2, 0.25) is 0 Å². The standard InChI is InChI=1S/C14H21NO4S/c16-10-13(9-12-5-2-1-3-6-12)15-20(17,18)11-14-7-4-8-19-14/h1-3,5-6,13-16H,4,7-11H2. The van der Waals surface area contributed by atoms with E-state index < -0.39 is 16.1 Å². The van der Waals surface area contributed by atoms with Crippen molar-refractivity contribution in [1.29, 1.82) is 0 Å². The van der Waals surface area contributed by atoms with E-state index in [1.54, 1.807) is 0 Å². The molecule has 2 rings (SSSR count). The van der Waals surface area contributed by atoms with Crippen LogP contribution in [-0.4, -0.2) is 44.6 Å². The largest absolute Gasteiger partial charge is 0.395 e. The zero-order chi connectivity index (χ0) is 14.4. The lowest BCUT2D eigenvalue weighted by Crippen LogP contribution is -2.42. The van der Waals surface area contributed by atoms with Crippen LogP contribution in [-0.2, 0) is 21.2 Å². The van der Waals surface area contributed by atoms with Gasteiger partial charge in [-0.1, -0.05) is 30.3 Å². The molecule has 1 heterocycles. The predicted octanol–water partition coefficient (Wildman–Crippen LogP) is 0.688. The molecule has 2 N–H and O–H groups in total. The van der Waals surface area contributed by atoms with E-state index in [0.29, 0.717) is 13.0 Å². The number of sulfonamides is 1. The second kappa shape index (κ2) is 7.17. The Kier molecular flexibility index (Phi) is 5.54. The summed E-state index contributed by atoms with van der Waals surface area (Å²) < 4.78 is 32.0. The molecule has 2 unspecified atom stereocenters. The molecule has 6 heteroatoms. The summed E-state index contributed by atoms with van der Waals surface area (Å²) in [4.78, 5) is 0. The fourth-order valence-electron chi connectivity index (χ4n) is 2.36. The first-order valence-electron chi connectivity index (χ1n) is 6.85. The highest BCUT2D eigenvalue weighted by Crippen LogP contribution is 2.14. The van der Waals surface area contributed by atoms with E-state index in [-0.39, 0.29) is 18.5 Å². The Labute approximate surface area is 120 Å². The number of ether oxygens (including phenoxy) is 1. The molecular weight excluding hydrogens is 278 g/mol. The average Bonchev–Trinajstić information content (AvgIpc) is 2.91. The maximum Gasteiger partial charge on any atom is 0.214 e. The van der Waals surface area contributed by atoms with Crippen LogP contribution in [0.25, 0.3) is 0 Å². The average molecular weight is 299 g/mol. The summed E-state index contributed by atoms with van der Waals surface area (Å²) in [5, 5.41) is 9.35. The van der Waals surface area contributed by atoms with Gasteiger partial charge in [-0.25, -0.2) is 13.1 Å². The van der Waals surface area contributed by atoms with Crippen LogP contribution in [0.5, 0.6) is 0 Å². The number of benzene rings is 1. The lowest BCUT2D eigenvalue weighted by atomic mass is 10.1. The first kappa shape index (κ1) is 15.4. The van der Waals surface area contributed by atoms with Gasteiger partial charge in [0.2, 0.25) is 10.0 Å². The minimum atomic E-state index is -3.43. The van der Waals surface area contributed by atoms with E-state index in [1.165, 1.54) is 0 Å². The van der Waals surface area contributed by atoms with Crippen molar-refractivity contribution in [2.45, 2.75) is 31.4 Å². The molecule has 0 aliphatic carbocycles. The fourth-order valence-corrected chi connectivity index (χ4v) is 3.88. The number of aliphatic hydroxyl groups excluding tert-OH is 1. The van der Waals surface area contributed by atoms with E-state index in [1.807, 2.05) is 30.3 Å². The molecule has 112 valence electrons. The van der Waals surface area contributed by atoms with Crippen molar-refractivity contribution in [2.75, 3.05) is 19.0 Å². The topological polar surface area (TPSA) is 75.6 Å². The van der Waals surface area contributed by atoms with Crippen LogP contribution >= 0.6 is 0 Å². The fraction of sp³-hybridized carbons (Fsp3) is 0.571. The monoisotopic (exact) mass is 299 g/mol. The van der Waals surface area contributed by atoms with Crippen molar-refractivity contribution in [3.05, 3.63) is 35.9 Å². The summed E-state index contributed by atoms with van der Waals surface area (Å²) in [6.45, 7) is 0.410. The molecule has 1 fully saturated rings. The number of hydrogen-bond donors (Lipinski definition) is 2. The van der Waals surface area contributed by atoms with Gasteiger partial charge in [-0.3, -0.25) is 0 Å². The third-order valence-corrected chi connectivity index (χ3v) is 4.82. The van der Waals surface area contributed by atoms with Crippen LogP contribution in [0, 0.1) is 0 Å². The third kappa shape index (κ3) is 4.86. The number of rotatable bonds is 7. The predicted molar refractivity (Wildman–Crippen MR) is 76.9 cm³/mol. The number of aliphatic hydroxyl groups is 1. The second-order valence-corrected chi connectivity index (χ2v) is 6.90. The molecule has 0 bridgehead atoms. The lowest BCUT2D eigenvalue weighted by molar-refractivity contribution is 0.127. The Balaban J connectivity index is 1.91. The molecule has 0 amide bonds. The van der Waals surface area contributed by atoms with Crippen molar-refractivity contribution >= 4 is 10.0 Å². The van der Waals surface area contributed by atoms with Crippen LogP contribution < -0.4 is 4.72 Å². The lowest BCUT2D eigenvalue weighted by Gasteiger charge is -2.18. The number of nitrogens with one attached hydrogen (secondary N) is 1. The van der Waals surface area contributed by atoms with Crippen molar-refractivity contribution in [3.63, 3.8) is 0 Å². The molecule has 1 saturated heterocycles. The van der Waals surface area contributed by atoms with Gasteiger partial charge in [0.15, 0.2) is 0 Å². The van der Waals surface area contributed by atoms with Gasteiger partial charge >= 0.3 is 0 Å². The van der Waals surface area contributed by atoms with Crippen molar-refractivity contribution < 1.29 is 18.3 Å². The van der Waals surface area contributed by atoms with E-state index >= 15 is 0 Å². The molecule has 0 radical (unpaired) electrons. The molecule has 1 aliphatic heterocycles. The summed E-state index contributed by atoms with van der Waals surface area (Å²) >= 11 is 0. The van der Waals surface area contributed by atoms with Gasteiger partial charge in [0.05, 0.1) is 18.5 Å². The molecule has 0 saturated carbocycles. The summed E-state index contributed by atoms with van der Waals surface area (Å²) in [5.74, 6) is -0.0295. The second-order valence-electron chi connectivity index (χ2n) is 5.10. The van der Waals surface area contributed by atoms with Crippen LogP contribution in [0.4, 0.5) is 0 Å². The third-order valence-electron chi connectivity index (χ3n) is 3.32. The molecule has 1 aromatic rings. The Hall–Kier alpha value is -0.950. The maximum atomic E-state index is 12.0. The van der Waals surface area contributed by atoms with Gasteiger partial charge in [-0.15, -0.1) is 0 Å². The van der Waals surface area contributed by atoms with Crippen molar-refractivity contribution in [3.8, 4) is 0 Å². The first-order valence-corrected chi connectivity index (χ1v) is 8.50. The van der Waals surface area contributed by atoms with Crippen molar-refractivity contribution in [1.82, 2.24) is 4.72 Å². The van der Waals surface area contributed by atoms with E-state index in [2.05, 4.69) is 4.72 Å². The van der Waals surface area contributed by atoms with Crippen LogP contribution in [0.1, 0.15) is 18.4 Å². The first-order chi connectivity index (χ1) is 9.59. The van der Waals surface area contributed by atoms with E-state index in [4.69, 9.17) is 4.74 Å². The Bertz CT molecular complexity index is 497. The summed E-state index contributed by atoms with van der Waals surface area (Å²) in [5.41, 5.74) is 0.992. The van der Waals surface area contributed by atoms with Gasteiger partial charge in [-0.05, 0) is 24.8 Å². The van der Waals surface area contributed by atoms with Gasteiger partial charge in [0, 0.05) is 12.6 Å². The SMILES string of the molecule is O=S(=O)(CC1CCCO1)NC(CO)Cc1ccccc1. The molecule has 5 nitrogen and oxygen atoms in total. The summed E-state index contributed by atoms with van der Waals surface area (Å²) in [7, 11) is -3.43. The Morgan fingerprint density at radius 2 is 2.10 bits per heavy atom. The minimum Gasteiger partial charge on any atom is -0.395 e. The highest BCUT2D eigenvalue weighted by Gasteiger charge is 2.25. The Morgan fingerprint density at radius 3 is 2.70 bits per heavy atom. The maximum absolute atomic E-state index is 12.0. The smallest absolute Gasteiger partial charge is 0.214 e. The van der Waals surface area contributed by atoms with Crippen LogP contribution in [0.3, 0.4) is 0 Å². The highest BCUT2D eigenvalue weighted by atomic mass is 32.2. The van der Waals surface area contributed by atoms with Crippen LogP contribution in [0.15, 0.2) is 30.3 Å². The quantitative estimate of drug-likeness (QED) is 0.777. The van der Waals surface area contributed by atoms with Gasteiger partial charge in [0.1, 0.15) is 0 Å². The molecule has 0 spiro atoms. The van der Waals surface area contributed by atoms with Gasteiger partial charge < -0.3 is 9.84 Å². The molecule has 1 aliphatic rings. The van der Waals surface area contributed by atoms with Gasteiger partial charge in [0.25, 0.3) is 0 Å². The molecular formula is C14H21NO4S. The summed E-state index contributed by atoms with van der Waals surface area (Å²) in [6.07, 6.45) is 1.95. The number of hydrogen-bond acceptors (Lipinski definition) is 4. The highest BCUT2D eigenvalue weighted by molar-refractivity contribution is 7.89. The molecule has 1 aromatic carbocycles. The Morgan fingerprint density at radius 1 is 1.35 bits per heavy atom. The van der Waals surface area contributed by atoms with E-state index in [0.717, 1.165) is 18.4 Å². The molecule has 20 heavy (non-hydrogen) atoms. The normalized spacial score (nSPS) is 20.9. The van der Waals surface area contributed by atoms with E-state index in [9.17, 15) is 13.5 Å². The molecule has 0 aromatic heterocycles. The van der Waals surface area contributed by atoms with Crippen molar-refractivity contribution in [2.24, 2.45) is 0 Å². The zero-order valence-corrected chi connectivity index (χ0v) is 12.2. The summed E-state index contributed by atoms with van der Waals surface area (Å²) in [6, 6.07) is 9.02. The van der Waals surface area contributed by atoms with Gasteiger partial charge in [-0.2, -0.15) is 0 Å². The zero-order valence-electron chi connectivity index (χ0n) is 11.4. The molecule has 2 atom stereocenters.